The Morgan fingerprint density at radius 3 is 2.58 bits per heavy atom. The molecule has 1 aromatic heterocycles. The lowest BCUT2D eigenvalue weighted by Gasteiger charge is -2.37. The van der Waals surface area contributed by atoms with Crippen LogP contribution in [0, 0.1) is 0 Å². The number of hydrogen-bond donors (Lipinski definition) is 1. The van der Waals surface area contributed by atoms with E-state index in [4.69, 9.17) is 4.74 Å². The highest BCUT2D eigenvalue weighted by Gasteiger charge is 2.31. The minimum Gasteiger partial charge on any atom is -0.474 e. The highest BCUT2D eigenvalue weighted by atomic mass is 16.5. The molecule has 0 bridgehead atoms. The topological polar surface area (TPSA) is 34.1 Å². The summed E-state index contributed by atoms with van der Waals surface area (Å²) in [6, 6.07) is 5.30. The molecule has 2 rings (SSSR count). The first kappa shape index (κ1) is 14.3. The lowest BCUT2D eigenvalue weighted by molar-refractivity contribution is 0.0770. The molecule has 3 nitrogen and oxygen atoms in total. The van der Waals surface area contributed by atoms with Crippen molar-refractivity contribution in [3.8, 4) is 5.88 Å². The molecule has 1 heterocycles. The molecule has 1 saturated carbocycles. The molecule has 0 atom stereocenters. The van der Waals surface area contributed by atoms with Gasteiger partial charge in [-0.1, -0.05) is 34.6 Å². The lowest BCUT2D eigenvalue weighted by Crippen LogP contribution is -2.49. The summed E-state index contributed by atoms with van der Waals surface area (Å²) in [7, 11) is 0. The van der Waals surface area contributed by atoms with Gasteiger partial charge in [0.25, 0.3) is 0 Å². The van der Waals surface area contributed by atoms with Crippen LogP contribution in [0.3, 0.4) is 0 Å². The Hall–Kier alpha value is -1.09. The maximum absolute atomic E-state index is 5.95. The van der Waals surface area contributed by atoms with E-state index in [1.165, 1.54) is 5.56 Å². The Kier molecular flexibility index (Phi) is 4.14. The van der Waals surface area contributed by atoms with Crippen LogP contribution in [-0.4, -0.2) is 23.2 Å². The second-order valence-corrected chi connectivity index (χ2v) is 6.86. The Bertz CT molecular complexity index is 417. The number of nitrogens with one attached hydrogen (secondary N) is 1. The van der Waals surface area contributed by atoms with Crippen molar-refractivity contribution in [2.45, 2.75) is 71.1 Å². The lowest BCUT2D eigenvalue weighted by atomic mass is 9.87. The third-order valence-corrected chi connectivity index (χ3v) is 3.55. The molecule has 0 amide bonds. The molecule has 0 radical (unpaired) electrons. The summed E-state index contributed by atoms with van der Waals surface area (Å²) >= 11 is 0. The van der Waals surface area contributed by atoms with Crippen molar-refractivity contribution in [3.63, 3.8) is 0 Å². The van der Waals surface area contributed by atoms with Crippen LogP contribution in [0.2, 0.25) is 0 Å². The van der Waals surface area contributed by atoms with E-state index in [9.17, 15) is 0 Å². The number of aromatic nitrogens is 1. The van der Waals surface area contributed by atoms with Gasteiger partial charge in [-0.05, 0) is 29.9 Å². The molecular formula is C16H26N2O. The molecular weight excluding hydrogens is 236 g/mol. The molecule has 0 aliphatic heterocycles. The summed E-state index contributed by atoms with van der Waals surface area (Å²) in [4.78, 5) is 4.32. The first-order chi connectivity index (χ1) is 8.84. The summed E-state index contributed by atoms with van der Waals surface area (Å²) in [5.41, 5.74) is 1.41. The van der Waals surface area contributed by atoms with Crippen LogP contribution in [0.25, 0.3) is 0 Å². The summed E-state index contributed by atoms with van der Waals surface area (Å²) in [5.74, 6) is 0.764. The van der Waals surface area contributed by atoms with Gasteiger partial charge in [-0.15, -0.1) is 0 Å². The highest BCUT2D eigenvalue weighted by Crippen LogP contribution is 2.28. The average molecular weight is 262 g/mol. The van der Waals surface area contributed by atoms with Gasteiger partial charge in [-0.25, -0.2) is 4.98 Å². The molecule has 1 N–H and O–H groups in total. The molecule has 1 aliphatic rings. The quantitative estimate of drug-likeness (QED) is 0.904. The van der Waals surface area contributed by atoms with E-state index in [1.54, 1.807) is 0 Å². The van der Waals surface area contributed by atoms with Gasteiger partial charge in [0.15, 0.2) is 0 Å². The molecule has 0 spiro atoms. The molecule has 0 unspecified atom stereocenters. The Labute approximate surface area is 116 Å². The van der Waals surface area contributed by atoms with Gasteiger partial charge < -0.3 is 10.1 Å². The predicted molar refractivity (Wildman–Crippen MR) is 78.6 cm³/mol. The van der Waals surface area contributed by atoms with Gasteiger partial charge in [-0.2, -0.15) is 0 Å². The normalized spacial score (nSPS) is 23.3. The fourth-order valence-corrected chi connectivity index (χ4v) is 2.38. The number of rotatable bonds is 4. The fraction of sp³-hybridized carbons (Fsp3) is 0.688. The molecule has 106 valence electrons. The van der Waals surface area contributed by atoms with Crippen molar-refractivity contribution in [2.24, 2.45) is 0 Å². The number of ether oxygens (including phenoxy) is 1. The molecule has 1 fully saturated rings. The molecule has 1 aromatic rings. The van der Waals surface area contributed by atoms with E-state index in [-0.39, 0.29) is 5.41 Å². The van der Waals surface area contributed by atoms with E-state index >= 15 is 0 Å². The van der Waals surface area contributed by atoms with Crippen LogP contribution >= 0.6 is 0 Å². The van der Waals surface area contributed by atoms with Crippen LogP contribution in [0.1, 0.15) is 53.0 Å². The standard InChI is InChI=1S/C16H26N2O/c1-11(2)18-13-9-14(10-13)19-15-8-12(6-7-17-15)16(3,4)5/h6-8,11,13-14,18H,9-10H2,1-5H3/t13-,14-. The van der Waals surface area contributed by atoms with E-state index < -0.39 is 0 Å². The minimum atomic E-state index is 0.141. The summed E-state index contributed by atoms with van der Waals surface area (Å²) in [5, 5.41) is 3.53. The fourth-order valence-electron chi connectivity index (χ4n) is 2.38. The Morgan fingerprint density at radius 2 is 2.00 bits per heavy atom. The molecule has 0 saturated heterocycles. The predicted octanol–water partition coefficient (Wildman–Crippen LogP) is 3.29. The van der Waals surface area contributed by atoms with Crippen LogP contribution in [0.4, 0.5) is 0 Å². The van der Waals surface area contributed by atoms with Gasteiger partial charge in [0, 0.05) is 24.3 Å². The SMILES string of the molecule is CC(C)N[C@H]1C[C@H](Oc2cc(C(C)(C)C)ccn2)C1. The van der Waals surface area contributed by atoms with Crippen molar-refractivity contribution in [3.05, 3.63) is 23.9 Å². The first-order valence-electron chi connectivity index (χ1n) is 7.24. The molecule has 3 heteroatoms. The summed E-state index contributed by atoms with van der Waals surface area (Å²) in [6.07, 6.45) is 4.33. The van der Waals surface area contributed by atoms with Crippen molar-refractivity contribution in [1.82, 2.24) is 10.3 Å². The Morgan fingerprint density at radius 1 is 1.32 bits per heavy atom. The zero-order valence-electron chi connectivity index (χ0n) is 12.7. The van der Waals surface area contributed by atoms with Crippen molar-refractivity contribution in [2.75, 3.05) is 0 Å². The van der Waals surface area contributed by atoms with Gasteiger partial charge in [-0.3, -0.25) is 0 Å². The van der Waals surface area contributed by atoms with Gasteiger partial charge >= 0.3 is 0 Å². The monoisotopic (exact) mass is 262 g/mol. The zero-order valence-corrected chi connectivity index (χ0v) is 12.7. The second kappa shape index (κ2) is 5.49. The molecule has 0 aromatic carbocycles. The Balaban J connectivity index is 1.88. The maximum Gasteiger partial charge on any atom is 0.213 e. The molecule has 19 heavy (non-hydrogen) atoms. The van der Waals surface area contributed by atoms with E-state index in [0.717, 1.165) is 18.7 Å². The molecule has 1 aliphatic carbocycles. The van der Waals surface area contributed by atoms with Gasteiger partial charge in [0.1, 0.15) is 6.10 Å². The van der Waals surface area contributed by atoms with Gasteiger partial charge in [0.2, 0.25) is 5.88 Å². The van der Waals surface area contributed by atoms with Crippen LogP contribution in [-0.2, 0) is 5.41 Å². The second-order valence-electron chi connectivity index (χ2n) is 6.86. The third-order valence-electron chi connectivity index (χ3n) is 3.55. The average Bonchev–Trinajstić information content (AvgIpc) is 2.25. The summed E-state index contributed by atoms with van der Waals surface area (Å²) in [6.45, 7) is 11.0. The van der Waals surface area contributed by atoms with Crippen molar-refractivity contribution < 1.29 is 4.74 Å². The van der Waals surface area contributed by atoms with Crippen molar-refractivity contribution in [1.29, 1.82) is 0 Å². The van der Waals surface area contributed by atoms with Crippen LogP contribution < -0.4 is 10.1 Å². The number of nitrogens with zero attached hydrogens (tertiary/aromatic N) is 1. The van der Waals surface area contributed by atoms with Crippen LogP contribution in [0.15, 0.2) is 18.3 Å². The maximum atomic E-state index is 5.95. The van der Waals surface area contributed by atoms with E-state index in [1.807, 2.05) is 6.20 Å². The minimum absolute atomic E-state index is 0.141. The third kappa shape index (κ3) is 3.93. The van der Waals surface area contributed by atoms with E-state index in [2.05, 4.69) is 57.1 Å². The van der Waals surface area contributed by atoms with Gasteiger partial charge in [0.05, 0.1) is 0 Å². The van der Waals surface area contributed by atoms with E-state index in [0.29, 0.717) is 18.2 Å². The smallest absolute Gasteiger partial charge is 0.213 e. The zero-order chi connectivity index (χ0) is 14.0. The van der Waals surface area contributed by atoms with Crippen molar-refractivity contribution >= 4 is 0 Å². The van der Waals surface area contributed by atoms with Crippen LogP contribution in [0.5, 0.6) is 5.88 Å². The highest BCUT2D eigenvalue weighted by molar-refractivity contribution is 5.26. The summed E-state index contributed by atoms with van der Waals surface area (Å²) < 4.78 is 5.95. The number of pyridine rings is 1. The first-order valence-corrected chi connectivity index (χ1v) is 7.24. The number of hydrogen-bond acceptors (Lipinski definition) is 3. The largest absolute Gasteiger partial charge is 0.474 e.